The summed E-state index contributed by atoms with van der Waals surface area (Å²) in [6, 6.07) is 5.50. The van der Waals surface area contributed by atoms with E-state index in [1.165, 1.54) is 0 Å². The lowest BCUT2D eigenvalue weighted by Crippen LogP contribution is -2.23. The van der Waals surface area contributed by atoms with Gasteiger partial charge in [-0.1, -0.05) is 31.0 Å². The van der Waals surface area contributed by atoms with Crippen molar-refractivity contribution >= 4 is 29.1 Å². The molecule has 25 heavy (non-hydrogen) atoms. The van der Waals surface area contributed by atoms with Gasteiger partial charge in [0.15, 0.2) is 0 Å². The predicted molar refractivity (Wildman–Crippen MR) is 104 cm³/mol. The van der Waals surface area contributed by atoms with Crippen molar-refractivity contribution in [3.05, 3.63) is 45.7 Å². The summed E-state index contributed by atoms with van der Waals surface area (Å²) >= 11 is 6.28. The van der Waals surface area contributed by atoms with E-state index in [1.54, 1.807) is 6.07 Å². The van der Waals surface area contributed by atoms with Crippen molar-refractivity contribution in [2.24, 2.45) is 0 Å². The molecule has 0 spiro atoms. The van der Waals surface area contributed by atoms with Gasteiger partial charge in [-0.05, 0) is 50.5 Å². The van der Waals surface area contributed by atoms with Crippen LogP contribution in [0.3, 0.4) is 0 Å². The molecule has 0 aliphatic carbocycles. The van der Waals surface area contributed by atoms with Gasteiger partial charge in [-0.2, -0.15) is 0 Å². The molecule has 0 aliphatic heterocycles. The number of carbonyl (C=O) groups excluding carboxylic acids is 1. The van der Waals surface area contributed by atoms with Crippen molar-refractivity contribution < 1.29 is 4.79 Å². The molecule has 1 N–H and O–H groups in total. The maximum Gasteiger partial charge on any atom is 0.274 e. The number of anilines is 2. The molecule has 0 unspecified atom stereocenters. The predicted octanol–water partition coefficient (Wildman–Crippen LogP) is 4.54. The smallest absolute Gasteiger partial charge is 0.274 e. The fraction of sp³-hybridized carbons (Fsp3) is 0.421. The number of nitrogens with one attached hydrogen (secondary N) is 1. The second-order valence-electron chi connectivity index (χ2n) is 6.36. The zero-order chi connectivity index (χ0) is 18.6. The third kappa shape index (κ3) is 4.92. The monoisotopic (exact) mass is 360 g/mol. The fourth-order valence-corrected chi connectivity index (χ4v) is 2.96. The molecule has 0 aliphatic rings. The summed E-state index contributed by atoms with van der Waals surface area (Å²) in [6.07, 6.45) is 2.14. The maximum atomic E-state index is 12.7. The highest BCUT2D eigenvalue weighted by molar-refractivity contribution is 6.34. The molecule has 6 heteroatoms. The van der Waals surface area contributed by atoms with Crippen LogP contribution in [0.2, 0.25) is 5.02 Å². The van der Waals surface area contributed by atoms with Gasteiger partial charge < -0.3 is 10.2 Å². The van der Waals surface area contributed by atoms with Crippen LogP contribution in [0.25, 0.3) is 0 Å². The van der Waals surface area contributed by atoms with Crippen molar-refractivity contribution in [1.29, 1.82) is 0 Å². The molecule has 0 saturated carbocycles. The van der Waals surface area contributed by atoms with Crippen molar-refractivity contribution in [3.8, 4) is 0 Å². The lowest BCUT2D eigenvalue weighted by atomic mass is 10.1. The van der Waals surface area contributed by atoms with E-state index in [-0.39, 0.29) is 5.91 Å². The number of aromatic nitrogens is 2. The van der Waals surface area contributed by atoms with E-state index in [2.05, 4.69) is 22.2 Å². The summed E-state index contributed by atoms with van der Waals surface area (Å²) in [5, 5.41) is 3.40. The van der Waals surface area contributed by atoms with Crippen LogP contribution in [-0.4, -0.2) is 29.5 Å². The van der Waals surface area contributed by atoms with Gasteiger partial charge in [-0.3, -0.25) is 4.79 Å². The van der Waals surface area contributed by atoms with Crippen molar-refractivity contribution in [3.63, 3.8) is 0 Å². The zero-order valence-corrected chi connectivity index (χ0v) is 16.2. The third-order valence-corrected chi connectivity index (χ3v) is 4.23. The van der Waals surface area contributed by atoms with E-state index in [9.17, 15) is 4.79 Å². The van der Waals surface area contributed by atoms with Gasteiger partial charge in [0.2, 0.25) is 5.95 Å². The number of carbonyl (C=O) groups is 1. The van der Waals surface area contributed by atoms with Crippen LogP contribution in [0.15, 0.2) is 18.2 Å². The number of hydrogen-bond donors (Lipinski definition) is 1. The van der Waals surface area contributed by atoms with Crippen LogP contribution < -0.4 is 10.2 Å². The molecule has 0 fully saturated rings. The quantitative estimate of drug-likeness (QED) is 0.821. The number of benzene rings is 1. The summed E-state index contributed by atoms with van der Waals surface area (Å²) in [4.78, 5) is 23.5. The summed E-state index contributed by atoms with van der Waals surface area (Å²) in [6.45, 7) is 8.74. The molecular formula is C19H25ClN4O. The van der Waals surface area contributed by atoms with Crippen molar-refractivity contribution in [2.75, 3.05) is 23.8 Å². The molecule has 0 saturated heterocycles. The third-order valence-electron chi connectivity index (χ3n) is 3.93. The van der Waals surface area contributed by atoms with Crippen LogP contribution in [-0.2, 0) is 0 Å². The minimum absolute atomic E-state index is 0.288. The highest BCUT2D eigenvalue weighted by Crippen LogP contribution is 2.27. The zero-order valence-electron chi connectivity index (χ0n) is 15.5. The Hall–Kier alpha value is -2.14. The van der Waals surface area contributed by atoms with E-state index in [1.807, 2.05) is 44.9 Å². The number of amides is 1. The first-order valence-corrected chi connectivity index (χ1v) is 8.84. The summed E-state index contributed by atoms with van der Waals surface area (Å²) < 4.78 is 0. The summed E-state index contributed by atoms with van der Waals surface area (Å²) in [5.74, 6) is 0.273. The molecule has 1 aromatic heterocycles. The Morgan fingerprint density at radius 3 is 2.56 bits per heavy atom. The molecule has 0 bridgehead atoms. The Morgan fingerprint density at radius 1 is 1.20 bits per heavy atom. The van der Waals surface area contributed by atoms with Crippen LogP contribution in [0.4, 0.5) is 11.6 Å². The first kappa shape index (κ1) is 19.2. The van der Waals surface area contributed by atoms with Crippen LogP contribution in [0, 0.1) is 20.8 Å². The van der Waals surface area contributed by atoms with E-state index in [4.69, 9.17) is 11.6 Å². The summed E-state index contributed by atoms with van der Waals surface area (Å²) in [7, 11) is 1.94. The molecular weight excluding hydrogens is 336 g/mol. The van der Waals surface area contributed by atoms with Crippen molar-refractivity contribution in [1.82, 2.24) is 9.97 Å². The van der Waals surface area contributed by atoms with E-state index in [0.717, 1.165) is 36.2 Å². The Morgan fingerprint density at radius 2 is 1.92 bits per heavy atom. The lowest BCUT2D eigenvalue weighted by Gasteiger charge is -2.18. The maximum absolute atomic E-state index is 12.7. The number of rotatable bonds is 6. The van der Waals surface area contributed by atoms with Gasteiger partial charge in [-0.15, -0.1) is 0 Å². The standard InChI is InChI=1S/C19H25ClN4O/c1-6-7-8-24(5)19-21-14(4)11-16(22-19)18(25)23-17-13(3)9-12(2)10-15(17)20/h9-11H,6-8H2,1-5H3,(H,23,25). The molecule has 0 atom stereocenters. The number of hydrogen-bond acceptors (Lipinski definition) is 4. The van der Waals surface area contributed by atoms with Crippen LogP contribution >= 0.6 is 11.6 Å². The number of halogens is 1. The first-order valence-electron chi connectivity index (χ1n) is 8.46. The van der Waals surface area contributed by atoms with E-state index in [0.29, 0.717) is 22.4 Å². The van der Waals surface area contributed by atoms with Crippen LogP contribution in [0.5, 0.6) is 0 Å². The molecule has 2 rings (SSSR count). The number of aryl methyl sites for hydroxylation is 3. The molecule has 1 amide bonds. The second-order valence-corrected chi connectivity index (χ2v) is 6.77. The normalized spacial score (nSPS) is 10.6. The average Bonchev–Trinajstić information content (AvgIpc) is 2.55. The minimum atomic E-state index is -0.288. The molecule has 1 heterocycles. The van der Waals surface area contributed by atoms with Gasteiger partial charge >= 0.3 is 0 Å². The second kappa shape index (κ2) is 8.30. The van der Waals surface area contributed by atoms with Crippen LogP contribution in [0.1, 0.15) is 47.1 Å². The first-order chi connectivity index (χ1) is 11.8. The highest BCUT2D eigenvalue weighted by atomic mass is 35.5. The molecule has 5 nitrogen and oxygen atoms in total. The SMILES string of the molecule is CCCCN(C)c1nc(C)cc(C(=O)Nc2c(C)cc(C)cc2Cl)n1. The van der Waals surface area contributed by atoms with Gasteiger partial charge in [0.25, 0.3) is 5.91 Å². The largest absolute Gasteiger partial charge is 0.344 e. The Bertz CT molecular complexity index is 753. The van der Waals surface area contributed by atoms with Crippen molar-refractivity contribution in [2.45, 2.75) is 40.5 Å². The number of unbranched alkanes of at least 4 members (excludes halogenated alkanes) is 1. The Balaban J connectivity index is 2.26. The molecule has 134 valence electrons. The van der Waals surface area contributed by atoms with Gasteiger partial charge in [0.05, 0.1) is 10.7 Å². The van der Waals surface area contributed by atoms with Gasteiger partial charge in [0, 0.05) is 19.3 Å². The minimum Gasteiger partial charge on any atom is -0.344 e. The summed E-state index contributed by atoms with van der Waals surface area (Å²) in [5.41, 5.74) is 3.68. The molecule has 1 aromatic carbocycles. The number of nitrogens with zero attached hydrogens (tertiary/aromatic N) is 3. The molecule has 2 aromatic rings. The Kier molecular flexibility index (Phi) is 6.37. The fourth-order valence-electron chi connectivity index (χ4n) is 2.59. The average molecular weight is 361 g/mol. The molecule has 0 radical (unpaired) electrons. The lowest BCUT2D eigenvalue weighted by molar-refractivity contribution is 0.102. The van der Waals surface area contributed by atoms with E-state index < -0.39 is 0 Å². The van der Waals surface area contributed by atoms with Gasteiger partial charge in [-0.25, -0.2) is 9.97 Å². The topological polar surface area (TPSA) is 58.1 Å². The highest BCUT2D eigenvalue weighted by Gasteiger charge is 2.15. The van der Waals surface area contributed by atoms with E-state index >= 15 is 0 Å². The van der Waals surface area contributed by atoms with Gasteiger partial charge in [0.1, 0.15) is 5.69 Å². The Labute approximate surface area is 154 Å².